The van der Waals surface area contributed by atoms with Crippen LogP contribution in [0, 0.1) is 0 Å². The summed E-state index contributed by atoms with van der Waals surface area (Å²) < 4.78 is 1.37. The van der Waals surface area contributed by atoms with Gasteiger partial charge in [-0.25, -0.2) is 4.98 Å². The molecule has 0 aliphatic heterocycles. The quantitative estimate of drug-likeness (QED) is 0.204. The lowest BCUT2D eigenvalue weighted by molar-refractivity contribution is 0.663. The molecule has 0 atom stereocenters. The Morgan fingerprint density at radius 3 is 2.76 bits per heavy atom. The largest absolute Gasteiger partial charge is 0.356 e. The number of aliphatic imine (C=N–C) groups is 1. The molecule has 8 heteroatoms. The van der Waals surface area contributed by atoms with Crippen LogP contribution in [0.2, 0.25) is 0 Å². The van der Waals surface area contributed by atoms with Gasteiger partial charge in [-0.05, 0) is 26.5 Å². The van der Waals surface area contributed by atoms with E-state index in [0.717, 1.165) is 35.6 Å². The second kappa shape index (κ2) is 11.8. The number of hydrogen-bond acceptors (Lipinski definition) is 5. The summed E-state index contributed by atoms with van der Waals surface area (Å²) in [5.74, 6) is 1.96. The highest BCUT2D eigenvalue weighted by atomic mass is 127. The monoisotopic (exact) mass is 460 g/mol. The molecule has 0 fully saturated rings. The Balaban J connectivity index is 0.00000400. The smallest absolute Gasteiger partial charge is 0.191 e. The Hall–Kier alpha value is 0.330. The number of nitrogens with one attached hydrogen (secondary N) is 2. The standard InChI is InChI=1S/C13H24N4S3.HI/c1-13(2,18-4)10-17-11(14-3)15-6-5-8-19-12-16-7-9-20-12;/h7,9H,5-6,8,10H2,1-4H3,(H2,14,15,17);1H. The molecule has 0 radical (unpaired) electrons. The minimum absolute atomic E-state index is 0. The van der Waals surface area contributed by atoms with Crippen LogP contribution in [0.3, 0.4) is 0 Å². The van der Waals surface area contributed by atoms with Crippen LogP contribution in [0.5, 0.6) is 0 Å². The third-order valence-corrected chi connectivity index (χ3v) is 6.01. The van der Waals surface area contributed by atoms with Crippen LogP contribution in [0.1, 0.15) is 20.3 Å². The first kappa shape index (κ1) is 21.3. The second-order valence-corrected chi connectivity index (χ2v) is 8.57. The molecule has 122 valence electrons. The number of guanidine groups is 1. The number of aromatic nitrogens is 1. The first-order chi connectivity index (χ1) is 9.57. The molecule has 21 heavy (non-hydrogen) atoms. The molecule has 0 aliphatic carbocycles. The van der Waals surface area contributed by atoms with Crippen LogP contribution >= 0.6 is 58.8 Å². The molecule has 1 aromatic rings. The van der Waals surface area contributed by atoms with E-state index >= 15 is 0 Å². The van der Waals surface area contributed by atoms with E-state index in [1.54, 1.807) is 11.3 Å². The van der Waals surface area contributed by atoms with Crippen LogP contribution in [-0.2, 0) is 0 Å². The van der Waals surface area contributed by atoms with Crippen LogP contribution in [-0.4, -0.2) is 47.8 Å². The number of thiazole rings is 1. The zero-order valence-electron chi connectivity index (χ0n) is 13.0. The van der Waals surface area contributed by atoms with Crippen LogP contribution < -0.4 is 10.6 Å². The summed E-state index contributed by atoms with van der Waals surface area (Å²) in [7, 11) is 1.81. The molecular formula is C13H25IN4S3. The summed E-state index contributed by atoms with van der Waals surface area (Å²) in [6, 6.07) is 0. The molecule has 0 amide bonds. The lowest BCUT2D eigenvalue weighted by Gasteiger charge is -2.23. The third kappa shape index (κ3) is 9.85. The Kier molecular flexibility index (Phi) is 12.0. The Morgan fingerprint density at radius 1 is 1.43 bits per heavy atom. The predicted molar refractivity (Wildman–Crippen MR) is 110 cm³/mol. The summed E-state index contributed by atoms with van der Waals surface area (Å²) in [6.45, 7) is 6.28. The SMILES string of the molecule is CN=C(NCCCSc1nccs1)NCC(C)(C)SC.I. The first-order valence-electron chi connectivity index (χ1n) is 6.59. The third-order valence-electron chi connectivity index (χ3n) is 2.71. The molecule has 4 nitrogen and oxygen atoms in total. The highest BCUT2D eigenvalue weighted by Crippen LogP contribution is 2.20. The topological polar surface area (TPSA) is 49.3 Å². The molecule has 1 aromatic heterocycles. The Bertz CT molecular complexity index is 396. The van der Waals surface area contributed by atoms with Crippen LogP contribution in [0.15, 0.2) is 20.9 Å². The van der Waals surface area contributed by atoms with Crippen molar-refractivity contribution in [1.29, 1.82) is 0 Å². The molecule has 0 unspecified atom stereocenters. The summed E-state index contributed by atoms with van der Waals surface area (Å²) in [5.41, 5.74) is 0. The molecule has 0 aromatic carbocycles. The molecule has 1 rings (SSSR count). The summed E-state index contributed by atoms with van der Waals surface area (Å²) in [5, 5.41) is 8.73. The average molecular weight is 460 g/mol. The minimum atomic E-state index is 0. The van der Waals surface area contributed by atoms with E-state index < -0.39 is 0 Å². The maximum atomic E-state index is 4.25. The molecule has 0 spiro atoms. The van der Waals surface area contributed by atoms with E-state index in [4.69, 9.17) is 0 Å². The van der Waals surface area contributed by atoms with Crippen molar-refractivity contribution >= 4 is 64.8 Å². The fourth-order valence-electron chi connectivity index (χ4n) is 1.31. The van der Waals surface area contributed by atoms with Gasteiger partial charge in [-0.15, -0.1) is 35.3 Å². The molecule has 2 N–H and O–H groups in total. The first-order valence-corrected chi connectivity index (χ1v) is 9.68. The highest BCUT2D eigenvalue weighted by molar-refractivity contribution is 14.0. The van der Waals surface area contributed by atoms with Gasteiger partial charge in [0.05, 0.1) is 0 Å². The van der Waals surface area contributed by atoms with Crippen molar-refractivity contribution in [3.8, 4) is 0 Å². The van der Waals surface area contributed by atoms with Gasteiger partial charge in [0.15, 0.2) is 5.96 Å². The van der Waals surface area contributed by atoms with Gasteiger partial charge in [-0.3, -0.25) is 4.99 Å². The Labute approximate surface area is 157 Å². The van der Waals surface area contributed by atoms with Crippen molar-refractivity contribution < 1.29 is 0 Å². The Morgan fingerprint density at radius 2 is 2.19 bits per heavy atom. The average Bonchev–Trinajstić information content (AvgIpc) is 2.95. The van der Waals surface area contributed by atoms with Crippen molar-refractivity contribution in [1.82, 2.24) is 15.6 Å². The molecule has 1 heterocycles. The van der Waals surface area contributed by atoms with Gasteiger partial charge in [0.2, 0.25) is 0 Å². The van der Waals surface area contributed by atoms with E-state index in [-0.39, 0.29) is 28.7 Å². The number of rotatable bonds is 8. The normalized spacial score (nSPS) is 11.9. The maximum Gasteiger partial charge on any atom is 0.191 e. The molecule has 0 aliphatic rings. The fourth-order valence-corrected chi connectivity index (χ4v) is 3.17. The number of thioether (sulfide) groups is 2. The molecule has 0 saturated carbocycles. The van der Waals surface area contributed by atoms with Crippen molar-refractivity contribution in [2.75, 3.05) is 32.1 Å². The lowest BCUT2D eigenvalue weighted by atomic mass is 10.2. The van der Waals surface area contributed by atoms with E-state index in [1.807, 2.05) is 42.1 Å². The fraction of sp³-hybridized carbons (Fsp3) is 0.692. The van der Waals surface area contributed by atoms with Crippen LogP contribution in [0.25, 0.3) is 0 Å². The van der Waals surface area contributed by atoms with Gasteiger partial charge in [-0.2, -0.15) is 11.8 Å². The van der Waals surface area contributed by atoms with Crippen LogP contribution in [0.4, 0.5) is 0 Å². The summed E-state index contributed by atoms with van der Waals surface area (Å²) >= 11 is 5.37. The maximum absolute atomic E-state index is 4.25. The highest BCUT2D eigenvalue weighted by Gasteiger charge is 2.15. The van der Waals surface area contributed by atoms with Crippen molar-refractivity contribution in [3.05, 3.63) is 11.6 Å². The second-order valence-electron chi connectivity index (χ2n) is 4.82. The number of halogens is 1. The molecule has 0 bridgehead atoms. The van der Waals surface area contributed by atoms with Gasteiger partial charge in [0.1, 0.15) is 4.34 Å². The van der Waals surface area contributed by atoms with E-state index in [1.165, 1.54) is 0 Å². The lowest BCUT2D eigenvalue weighted by Crippen LogP contribution is -2.43. The van der Waals surface area contributed by atoms with Gasteiger partial charge >= 0.3 is 0 Å². The van der Waals surface area contributed by atoms with Crippen molar-refractivity contribution in [3.63, 3.8) is 0 Å². The predicted octanol–water partition coefficient (Wildman–Crippen LogP) is 3.55. The number of hydrogen-bond donors (Lipinski definition) is 2. The van der Waals surface area contributed by atoms with Gasteiger partial charge < -0.3 is 10.6 Å². The summed E-state index contributed by atoms with van der Waals surface area (Å²) in [6.07, 6.45) is 5.08. The zero-order chi connectivity index (χ0) is 14.8. The van der Waals surface area contributed by atoms with E-state index in [0.29, 0.717) is 0 Å². The zero-order valence-corrected chi connectivity index (χ0v) is 17.8. The van der Waals surface area contributed by atoms with E-state index in [2.05, 4.69) is 40.7 Å². The minimum Gasteiger partial charge on any atom is -0.356 e. The van der Waals surface area contributed by atoms with Crippen molar-refractivity contribution in [2.45, 2.75) is 29.4 Å². The van der Waals surface area contributed by atoms with Gasteiger partial charge in [0, 0.05) is 42.2 Å². The van der Waals surface area contributed by atoms with E-state index in [9.17, 15) is 0 Å². The van der Waals surface area contributed by atoms with Gasteiger partial charge in [0.25, 0.3) is 0 Å². The van der Waals surface area contributed by atoms with Gasteiger partial charge in [-0.1, -0.05) is 11.8 Å². The van der Waals surface area contributed by atoms with Crippen molar-refractivity contribution in [2.24, 2.45) is 4.99 Å². The number of nitrogens with zero attached hydrogens (tertiary/aromatic N) is 2. The molecular weight excluding hydrogens is 435 g/mol. The summed E-state index contributed by atoms with van der Waals surface area (Å²) in [4.78, 5) is 8.49. The molecule has 0 saturated heterocycles.